The molecule has 0 bridgehead atoms. The molecule has 1 aliphatic rings. The van der Waals surface area contributed by atoms with Crippen LogP contribution in [0.1, 0.15) is 12.0 Å². The van der Waals surface area contributed by atoms with Crippen LogP contribution < -0.4 is 0 Å². The Morgan fingerprint density at radius 2 is 2.10 bits per heavy atom. The number of nitrogens with zero attached hydrogens (tertiary/aromatic N) is 2. The number of thioether (sulfide) groups is 1. The molecule has 0 amide bonds. The van der Waals surface area contributed by atoms with Gasteiger partial charge >= 0.3 is 0 Å². The largest absolute Gasteiger partial charge is 0.299 e. The Morgan fingerprint density at radius 3 is 2.90 bits per heavy atom. The maximum Gasteiger partial charge on any atom is 0.0634 e. The van der Waals surface area contributed by atoms with Gasteiger partial charge in [0.2, 0.25) is 0 Å². The van der Waals surface area contributed by atoms with E-state index in [4.69, 9.17) is 11.6 Å². The summed E-state index contributed by atoms with van der Waals surface area (Å²) >= 11 is 8.15. The molecule has 1 atom stereocenters. The monoisotopic (exact) mass is 318 g/mol. The van der Waals surface area contributed by atoms with E-state index in [2.05, 4.69) is 40.2 Å². The van der Waals surface area contributed by atoms with Crippen molar-refractivity contribution < 1.29 is 0 Å². The van der Waals surface area contributed by atoms with Crippen LogP contribution >= 0.6 is 23.4 Å². The van der Waals surface area contributed by atoms with Crippen molar-refractivity contribution in [2.24, 2.45) is 5.92 Å². The van der Waals surface area contributed by atoms with E-state index in [-0.39, 0.29) is 0 Å². The van der Waals surface area contributed by atoms with Crippen LogP contribution in [0.4, 0.5) is 0 Å². The molecular formula is C17H19ClN2S. The SMILES string of the molecule is Clc1cnccc1CN1CC[C@@H](CSc2ccccc2)C1. The third kappa shape index (κ3) is 4.22. The summed E-state index contributed by atoms with van der Waals surface area (Å²) in [4.78, 5) is 7.91. The summed E-state index contributed by atoms with van der Waals surface area (Å²) < 4.78 is 0. The van der Waals surface area contributed by atoms with E-state index >= 15 is 0 Å². The lowest BCUT2D eigenvalue weighted by Crippen LogP contribution is -2.20. The molecule has 0 N–H and O–H groups in total. The van der Waals surface area contributed by atoms with Gasteiger partial charge in [-0.15, -0.1) is 11.8 Å². The van der Waals surface area contributed by atoms with Gasteiger partial charge in [-0.2, -0.15) is 0 Å². The molecule has 4 heteroatoms. The van der Waals surface area contributed by atoms with Crippen molar-refractivity contribution >= 4 is 23.4 Å². The Bertz CT molecular complexity index is 576. The van der Waals surface area contributed by atoms with Crippen LogP contribution in [0.3, 0.4) is 0 Å². The lowest BCUT2D eigenvalue weighted by Gasteiger charge is -2.16. The van der Waals surface area contributed by atoms with E-state index in [1.165, 1.54) is 35.7 Å². The first-order valence-electron chi connectivity index (χ1n) is 7.30. The molecule has 2 heterocycles. The molecular weight excluding hydrogens is 300 g/mol. The Morgan fingerprint density at radius 1 is 1.24 bits per heavy atom. The number of hydrogen-bond acceptors (Lipinski definition) is 3. The zero-order valence-corrected chi connectivity index (χ0v) is 13.5. The summed E-state index contributed by atoms with van der Waals surface area (Å²) in [7, 11) is 0. The number of likely N-dealkylation sites (tertiary alicyclic amines) is 1. The summed E-state index contributed by atoms with van der Waals surface area (Å²) in [5.41, 5.74) is 1.18. The predicted molar refractivity (Wildman–Crippen MR) is 89.8 cm³/mol. The second-order valence-electron chi connectivity index (χ2n) is 5.48. The van der Waals surface area contributed by atoms with E-state index in [0.29, 0.717) is 0 Å². The molecule has 0 unspecified atom stereocenters. The Labute approximate surface area is 135 Å². The fraction of sp³-hybridized carbons (Fsp3) is 0.353. The lowest BCUT2D eigenvalue weighted by molar-refractivity contribution is 0.321. The number of hydrogen-bond donors (Lipinski definition) is 0. The summed E-state index contributed by atoms with van der Waals surface area (Å²) in [6, 6.07) is 12.7. The van der Waals surface area contributed by atoms with Crippen LogP contribution in [-0.2, 0) is 6.54 Å². The molecule has 110 valence electrons. The minimum atomic E-state index is 0.774. The van der Waals surface area contributed by atoms with Gasteiger partial charge in [-0.25, -0.2) is 0 Å². The number of aromatic nitrogens is 1. The van der Waals surface area contributed by atoms with Crippen molar-refractivity contribution in [3.8, 4) is 0 Å². The van der Waals surface area contributed by atoms with E-state index in [9.17, 15) is 0 Å². The van der Waals surface area contributed by atoms with Crippen molar-refractivity contribution in [1.29, 1.82) is 0 Å². The van der Waals surface area contributed by atoms with Gasteiger partial charge in [0.1, 0.15) is 0 Å². The minimum Gasteiger partial charge on any atom is -0.299 e. The average molecular weight is 319 g/mol. The highest BCUT2D eigenvalue weighted by Crippen LogP contribution is 2.27. The lowest BCUT2D eigenvalue weighted by atomic mass is 10.2. The number of rotatable bonds is 5. The smallest absolute Gasteiger partial charge is 0.0634 e. The maximum absolute atomic E-state index is 6.19. The van der Waals surface area contributed by atoms with Crippen molar-refractivity contribution in [2.45, 2.75) is 17.9 Å². The molecule has 0 radical (unpaired) electrons. The molecule has 2 nitrogen and oxygen atoms in total. The molecule has 1 aromatic heterocycles. The van der Waals surface area contributed by atoms with Crippen LogP contribution in [0.2, 0.25) is 5.02 Å². The predicted octanol–water partition coefficient (Wildman–Crippen LogP) is 4.35. The number of benzene rings is 1. The summed E-state index contributed by atoms with van der Waals surface area (Å²) in [5, 5.41) is 0.777. The highest BCUT2D eigenvalue weighted by molar-refractivity contribution is 7.99. The molecule has 1 saturated heterocycles. The van der Waals surface area contributed by atoms with Crippen LogP contribution in [0.25, 0.3) is 0 Å². The van der Waals surface area contributed by atoms with Crippen molar-refractivity contribution in [3.63, 3.8) is 0 Å². The van der Waals surface area contributed by atoms with Crippen LogP contribution in [0.15, 0.2) is 53.7 Å². The third-order valence-electron chi connectivity index (χ3n) is 3.85. The Balaban J connectivity index is 1.48. The van der Waals surface area contributed by atoms with E-state index < -0.39 is 0 Å². The fourth-order valence-electron chi connectivity index (χ4n) is 2.70. The zero-order chi connectivity index (χ0) is 14.5. The second kappa shape index (κ2) is 7.30. The van der Waals surface area contributed by atoms with Crippen molar-refractivity contribution in [3.05, 3.63) is 59.4 Å². The van der Waals surface area contributed by atoms with E-state index in [1.54, 1.807) is 6.20 Å². The Kier molecular flexibility index (Phi) is 5.17. The van der Waals surface area contributed by atoms with Crippen molar-refractivity contribution in [1.82, 2.24) is 9.88 Å². The summed E-state index contributed by atoms with van der Waals surface area (Å²) in [6.45, 7) is 3.27. The molecule has 0 aliphatic carbocycles. The van der Waals surface area contributed by atoms with Gasteiger partial charge in [-0.1, -0.05) is 29.8 Å². The highest BCUT2D eigenvalue weighted by Gasteiger charge is 2.22. The average Bonchev–Trinajstić information content (AvgIpc) is 2.96. The van der Waals surface area contributed by atoms with Gasteiger partial charge in [0.05, 0.1) is 5.02 Å². The summed E-state index contributed by atoms with van der Waals surface area (Å²) in [5.74, 6) is 1.97. The minimum absolute atomic E-state index is 0.774. The Hall–Kier alpha value is -1.03. The highest BCUT2D eigenvalue weighted by atomic mass is 35.5. The van der Waals surface area contributed by atoms with Gasteiger partial charge in [0.15, 0.2) is 0 Å². The van der Waals surface area contributed by atoms with Gasteiger partial charge in [0, 0.05) is 36.1 Å². The topological polar surface area (TPSA) is 16.1 Å². The van der Waals surface area contributed by atoms with Crippen molar-refractivity contribution in [2.75, 3.05) is 18.8 Å². The van der Waals surface area contributed by atoms with Gasteiger partial charge < -0.3 is 0 Å². The van der Waals surface area contributed by atoms with Gasteiger partial charge in [0.25, 0.3) is 0 Å². The number of pyridine rings is 1. The van der Waals surface area contributed by atoms with Crippen LogP contribution in [-0.4, -0.2) is 28.7 Å². The molecule has 1 aliphatic heterocycles. The van der Waals surface area contributed by atoms with Gasteiger partial charge in [-0.05, 0) is 42.6 Å². The molecule has 3 rings (SSSR count). The van der Waals surface area contributed by atoms with Crippen LogP contribution in [0, 0.1) is 5.92 Å². The normalized spacial score (nSPS) is 19.0. The summed E-state index contributed by atoms with van der Waals surface area (Å²) in [6.07, 6.45) is 4.83. The van der Waals surface area contributed by atoms with Crippen LogP contribution in [0.5, 0.6) is 0 Å². The molecule has 21 heavy (non-hydrogen) atoms. The first-order chi connectivity index (χ1) is 10.3. The number of halogens is 1. The molecule has 0 spiro atoms. The third-order valence-corrected chi connectivity index (χ3v) is 5.43. The quantitative estimate of drug-likeness (QED) is 0.762. The van der Waals surface area contributed by atoms with E-state index in [1.807, 2.05) is 24.0 Å². The first-order valence-corrected chi connectivity index (χ1v) is 8.66. The zero-order valence-electron chi connectivity index (χ0n) is 11.9. The second-order valence-corrected chi connectivity index (χ2v) is 6.98. The fourth-order valence-corrected chi connectivity index (χ4v) is 3.93. The molecule has 1 aromatic carbocycles. The first kappa shape index (κ1) is 14.9. The van der Waals surface area contributed by atoms with Gasteiger partial charge in [-0.3, -0.25) is 9.88 Å². The standard InChI is InChI=1S/C17H19ClN2S/c18-17-10-19-8-6-15(17)12-20-9-7-14(11-20)13-21-16-4-2-1-3-5-16/h1-6,8,10,14H,7,9,11-13H2/t14-/m1/s1. The van der Waals surface area contributed by atoms with E-state index in [0.717, 1.165) is 17.5 Å². The molecule has 0 saturated carbocycles. The maximum atomic E-state index is 6.19. The molecule has 2 aromatic rings. The molecule has 1 fully saturated rings.